The Morgan fingerprint density at radius 3 is 2.77 bits per heavy atom. The Morgan fingerprint density at radius 1 is 1.31 bits per heavy atom. The number of aryl methyl sites for hydroxylation is 1. The molecule has 0 saturated carbocycles. The van der Waals surface area contributed by atoms with Crippen LogP contribution in [0.4, 0.5) is 0 Å². The van der Waals surface area contributed by atoms with Crippen LogP contribution < -0.4 is 14.8 Å². The maximum absolute atomic E-state index is 12.5. The highest BCUT2D eigenvalue weighted by Crippen LogP contribution is 2.34. The summed E-state index contributed by atoms with van der Waals surface area (Å²) in [6, 6.07) is 5.84. The summed E-state index contributed by atoms with van der Waals surface area (Å²) in [5.41, 5.74) is 1.03. The van der Waals surface area contributed by atoms with E-state index in [4.69, 9.17) is 9.47 Å². The number of nitrogens with one attached hydrogen (secondary N) is 1. The molecule has 1 amide bonds. The highest BCUT2D eigenvalue weighted by Gasteiger charge is 2.21. The number of nitrogens with zero attached hydrogens (tertiary/aromatic N) is 2. The van der Waals surface area contributed by atoms with Gasteiger partial charge < -0.3 is 19.4 Å². The van der Waals surface area contributed by atoms with Gasteiger partial charge in [0, 0.05) is 25.9 Å². The topological polar surface area (TPSA) is 65.4 Å². The average Bonchev–Trinajstić information content (AvgIpc) is 2.89. The maximum Gasteiger partial charge on any atom is 0.230 e. The largest absolute Gasteiger partial charge is 0.490 e. The summed E-state index contributed by atoms with van der Waals surface area (Å²) in [5.74, 6) is 2.09. The smallest absolute Gasteiger partial charge is 0.230 e. The van der Waals surface area contributed by atoms with Crippen molar-refractivity contribution in [2.45, 2.75) is 31.5 Å². The molecule has 1 N–H and O–H groups in total. The zero-order chi connectivity index (χ0) is 18.5. The van der Waals surface area contributed by atoms with Gasteiger partial charge in [0.2, 0.25) is 5.91 Å². The van der Waals surface area contributed by atoms with E-state index in [1.54, 1.807) is 6.20 Å². The SMILES string of the molecule is CC(C)[C@H](NC(=O)CSc1nccn1C)c1ccc2c(c1)OCCCO2. The Hall–Kier alpha value is -2.15. The summed E-state index contributed by atoms with van der Waals surface area (Å²) in [4.78, 5) is 16.7. The van der Waals surface area contributed by atoms with Crippen LogP contribution in [0.1, 0.15) is 31.9 Å². The highest BCUT2D eigenvalue weighted by atomic mass is 32.2. The molecule has 2 aromatic rings. The lowest BCUT2D eigenvalue weighted by Gasteiger charge is -2.24. The molecule has 1 aromatic carbocycles. The van der Waals surface area contributed by atoms with Gasteiger partial charge in [-0.1, -0.05) is 31.7 Å². The Labute approximate surface area is 158 Å². The average molecular weight is 375 g/mol. The molecule has 0 saturated heterocycles. The van der Waals surface area contributed by atoms with Crippen molar-refractivity contribution < 1.29 is 14.3 Å². The fourth-order valence-electron chi connectivity index (χ4n) is 2.84. The van der Waals surface area contributed by atoms with Crippen molar-refractivity contribution >= 4 is 17.7 Å². The number of thioether (sulfide) groups is 1. The first-order valence-corrected chi connectivity index (χ1v) is 9.82. The third kappa shape index (κ3) is 4.52. The number of rotatable bonds is 6. The number of carbonyl (C=O) groups excluding carboxylic acids is 1. The Kier molecular flexibility index (Phi) is 6.08. The van der Waals surface area contributed by atoms with Crippen LogP contribution in [0.15, 0.2) is 35.7 Å². The fraction of sp³-hybridized carbons (Fsp3) is 0.474. The Bertz CT molecular complexity index is 760. The molecule has 3 rings (SSSR count). The van der Waals surface area contributed by atoms with Crippen molar-refractivity contribution in [1.82, 2.24) is 14.9 Å². The third-order valence-corrected chi connectivity index (χ3v) is 5.28. The second kappa shape index (κ2) is 8.49. The molecule has 6 nitrogen and oxygen atoms in total. The minimum atomic E-state index is -0.0818. The Balaban J connectivity index is 1.68. The van der Waals surface area contributed by atoms with E-state index in [0.29, 0.717) is 19.0 Å². The minimum Gasteiger partial charge on any atom is -0.490 e. The number of aromatic nitrogens is 2. The number of hydrogen-bond acceptors (Lipinski definition) is 5. The van der Waals surface area contributed by atoms with Crippen LogP contribution in [0, 0.1) is 5.92 Å². The lowest BCUT2D eigenvalue weighted by Crippen LogP contribution is -2.33. The van der Waals surface area contributed by atoms with E-state index in [2.05, 4.69) is 24.1 Å². The minimum absolute atomic E-state index is 0.0104. The summed E-state index contributed by atoms with van der Waals surface area (Å²) >= 11 is 1.43. The van der Waals surface area contributed by atoms with E-state index in [1.165, 1.54) is 11.8 Å². The molecule has 140 valence electrons. The first-order chi connectivity index (χ1) is 12.5. The first kappa shape index (κ1) is 18.6. The predicted molar refractivity (Wildman–Crippen MR) is 102 cm³/mol. The van der Waals surface area contributed by atoms with Crippen LogP contribution in [0.25, 0.3) is 0 Å². The lowest BCUT2D eigenvalue weighted by atomic mass is 9.95. The highest BCUT2D eigenvalue weighted by molar-refractivity contribution is 7.99. The summed E-state index contributed by atoms with van der Waals surface area (Å²) in [6.07, 6.45) is 4.47. The molecule has 1 aliphatic heterocycles. The van der Waals surface area contributed by atoms with E-state index >= 15 is 0 Å². The molecule has 0 fully saturated rings. The summed E-state index contributed by atoms with van der Waals surface area (Å²) < 4.78 is 13.4. The van der Waals surface area contributed by atoms with E-state index in [9.17, 15) is 4.79 Å². The van der Waals surface area contributed by atoms with Crippen molar-refractivity contribution in [3.8, 4) is 11.5 Å². The van der Waals surface area contributed by atoms with Gasteiger partial charge in [0.05, 0.1) is 25.0 Å². The number of hydrogen-bond donors (Lipinski definition) is 1. The Morgan fingerprint density at radius 2 is 2.08 bits per heavy atom. The van der Waals surface area contributed by atoms with E-state index in [-0.39, 0.29) is 17.9 Å². The first-order valence-electron chi connectivity index (χ1n) is 8.83. The van der Waals surface area contributed by atoms with Gasteiger partial charge in [0.1, 0.15) is 0 Å². The molecular weight excluding hydrogens is 350 g/mol. The molecular formula is C19H25N3O3S. The zero-order valence-electron chi connectivity index (χ0n) is 15.4. The summed E-state index contributed by atoms with van der Waals surface area (Å²) in [5, 5.41) is 3.97. The van der Waals surface area contributed by atoms with E-state index < -0.39 is 0 Å². The standard InChI is InChI=1S/C19H25N3O3S/c1-13(2)18(21-17(23)12-26-19-20-7-8-22(19)3)14-5-6-15-16(11-14)25-10-4-9-24-15/h5-8,11,13,18H,4,9-10,12H2,1-3H3,(H,21,23)/t18-/m0/s1. The molecule has 1 atom stereocenters. The molecule has 0 spiro atoms. The van der Waals surface area contributed by atoms with Gasteiger partial charge in [-0.05, 0) is 23.6 Å². The molecule has 2 heterocycles. The number of imidazole rings is 1. The van der Waals surface area contributed by atoms with Gasteiger partial charge in [0.15, 0.2) is 16.7 Å². The van der Waals surface area contributed by atoms with E-state index in [1.807, 2.05) is 36.0 Å². The monoisotopic (exact) mass is 375 g/mol. The van der Waals surface area contributed by atoms with Crippen molar-refractivity contribution in [3.63, 3.8) is 0 Å². The summed E-state index contributed by atoms with van der Waals surface area (Å²) in [7, 11) is 1.92. The normalized spacial score (nSPS) is 14.8. The number of fused-ring (bicyclic) bond motifs is 1. The van der Waals surface area contributed by atoms with Crippen molar-refractivity contribution in [2.75, 3.05) is 19.0 Å². The van der Waals surface area contributed by atoms with Crippen LogP contribution in [-0.2, 0) is 11.8 Å². The molecule has 1 aromatic heterocycles. The van der Waals surface area contributed by atoms with Crippen LogP contribution in [-0.4, -0.2) is 34.4 Å². The van der Waals surface area contributed by atoms with Crippen molar-refractivity contribution in [2.24, 2.45) is 13.0 Å². The lowest BCUT2D eigenvalue weighted by molar-refractivity contribution is -0.119. The molecule has 0 aliphatic carbocycles. The second-order valence-corrected chi connectivity index (χ2v) is 7.60. The zero-order valence-corrected chi connectivity index (χ0v) is 16.2. The number of carbonyl (C=O) groups is 1. The fourth-order valence-corrected chi connectivity index (χ4v) is 3.59. The predicted octanol–water partition coefficient (Wildman–Crippen LogP) is 3.19. The molecule has 26 heavy (non-hydrogen) atoms. The van der Waals surface area contributed by atoms with Gasteiger partial charge in [-0.2, -0.15) is 0 Å². The van der Waals surface area contributed by atoms with Gasteiger partial charge in [-0.25, -0.2) is 4.98 Å². The number of benzene rings is 1. The number of amides is 1. The molecule has 7 heteroatoms. The van der Waals surface area contributed by atoms with Gasteiger partial charge in [-0.3, -0.25) is 4.79 Å². The third-order valence-electron chi connectivity index (χ3n) is 4.22. The molecule has 0 radical (unpaired) electrons. The van der Waals surface area contributed by atoms with Gasteiger partial charge >= 0.3 is 0 Å². The van der Waals surface area contributed by atoms with Crippen molar-refractivity contribution in [1.29, 1.82) is 0 Å². The quantitative estimate of drug-likeness (QED) is 0.786. The summed E-state index contributed by atoms with van der Waals surface area (Å²) in [6.45, 7) is 5.51. The number of ether oxygens (including phenoxy) is 2. The van der Waals surface area contributed by atoms with E-state index in [0.717, 1.165) is 28.6 Å². The van der Waals surface area contributed by atoms with Crippen LogP contribution in [0.2, 0.25) is 0 Å². The van der Waals surface area contributed by atoms with Crippen LogP contribution >= 0.6 is 11.8 Å². The molecule has 0 unspecified atom stereocenters. The van der Waals surface area contributed by atoms with Crippen LogP contribution in [0.5, 0.6) is 11.5 Å². The van der Waals surface area contributed by atoms with Crippen molar-refractivity contribution in [3.05, 3.63) is 36.2 Å². The molecule has 0 bridgehead atoms. The van der Waals surface area contributed by atoms with Gasteiger partial charge in [0.25, 0.3) is 0 Å². The maximum atomic E-state index is 12.5. The van der Waals surface area contributed by atoms with Crippen LogP contribution in [0.3, 0.4) is 0 Å². The second-order valence-electron chi connectivity index (χ2n) is 6.66. The molecule has 1 aliphatic rings. The van der Waals surface area contributed by atoms with Gasteiger partial charge in [-0.15, -0.1) is 0 Å².